The number of fused-ring (bicyclic) bond motifs is 2. The number of rotatable bonds is 6. The van der Waals surface area contributed by atoms with Crippen LogP contribution in [-0.4, -0.2) is 47.1 Å². The zero-order valence-electron chi connectivity index (χ0n) is 21.0. The second kappa shape index (κ2) is 9.55. The van der Waals surface area contributed by atoms with E-state index >= 15 is 0 Å². The summed E-state index contributed by atoms with van der Waals surface area (Å²) in [5.41, 5.74) is 1.99. The molecule has 1 saturated heterocycles. The highest BCUT2D eigenvalue weighted by Crippen LogP contribution is 2.45. The summed E-state index contributed by atoms with van der Waals surface area (Å²) in [6, 6.07) is 0.996. The highest BCUT2D eigenvalue weighted by atomic mass is 16.5. The molecule has 2 saturated carbocycles. The Kier molecular flexibility index (Phi) is 6.22. The first-order valence-corrected chi connectivity index (χ1v) is 13.4. The molecule has 0 unspecified atom stereocenters. The molecule has 0 radical (unpaired) electrons. The maximum atomic E-state index is 13.6. The van der Waals surface area contributed by atoms with Gasteiger partial charge in [-0.15, -0.1) is 0 Å². The fraction of sp³-hybridized carbons (Fsp3) is 0.593. The molecule has 3 amide bonds. The van der Waals surface area contributed by atoms with Crippen molar-refractivity contribution in [1.82, 2.24) is 15.5 Å². The van der Waals surface area contributed by atoms with Crippen LogP contribution >= 0.6 is 0 Å². The van der Waals surface area contributed by atoms with E-state index in [2.05, 4.69) is 33.0 Å². The molecule has 3 N–H and O–H groups in total. The Labute approximate surface area is 215 Å². The Bertz CT molecular complexity index is 1210. The van der Waals surface area contributed by atoms with Gasteiger partial charge in [0, 0.05) is 37.0 Å². The van der Waals surface area contributed by atoms with Crippen LogP contribution in [0.5, 0.6) is 0 Å². The third-order valence-corrected chi connectivity index (χ3v) is 8.61. The van der Waals surface area contributed by atoms with Crippen molar-refractivity contribution in [3.8, 4) is 0 Å². The highest BCUT2D eigenvalue weighted by Gasteiger charge is 2.48. The predicted octanol–water partition coefficient (Wildman–Crippen LogP) is 3.51. The molecule has 10 nitrogen and oxygen atoms in total. The summed E-state index contributed by atoms with van der Waals surface area (Å²) in [6.45, 7) is 3.28. The average molecular weight is 508 g/mol. The standard InChI is InChI=1S/C27H33N5O5/c1-15-2-4-17(5-3-15)23(31-24(33)18-14-37-32-22(18)16-6-7-16)25(34)30-21-12-20-19(13-28-21)27(26(35)29-20)8-10-36-11-9-27/h12-17,23H,2-11H2,1H3,(H,29,35)(H,31,33)(H,28,30,34)/t15?,17?,23-/m0/s1. The normalized spacial score (nSPS) is 25.3. The number of nitrogens with zero attached hydrogens (tertiary/aromatic N) is 2. The number of nitrogens with one attached hydrogen (secondary N) is 3. The van der Waals surface area contributed by atoms with Crippen molar-refractivity contribution in [3.05, 3.63) is 35.3 Å². The number of ether oxygens (including phenoxy) is 1. The average Bonchev–Trinajstić information content (AvgIpc) is 3.57. The monoisotopic (exact) mass is 507 g/mol. The molecule has 4 aliphatic rings. The van der Waals surface area contributed by atoms with E-state index in [9.17, 15) is 14.4 Å². The summed E-state index contributed by atoms with van der Waals surface area (Å²) < 4.78 is 10.6. The fourth-order valence-electron chi connectivity index (χ4n) is 6.10. The Hall–Kier alpha value is -3.27. The molecule has 2 aromatic rings. The number of hydrogen-bond acceptors (Lipinski definition) is 7. The Morgan fingerprint density at radius 2 is 1.89 bits per heavy atom. The third-order valence-electron chi connectivity index (χ3n) is 8.61. The largest absolute Gasteiger partial charge is 0.381 e. The van der Waals surface area contributed by atoms with E-state index in [1.54, 1.807) is 12.3 Å². The summed E-state index contributed by atoms with van der Waals surface area (Å²) in [5, 5.41) is 12.9. The van der Waals surface area contributed by atoms with Crippen molar-refractivity contribution in [1.29, 1.82) is 0 Å². The van der Waals surface area contributed by atoms with Crippen molar-refractivity contribution >= 4 is 29.2 Å². The van der Waals surface area contributed by atoms with E-state index in [-0.39, 0.29) is 29.6 Å². The van der Waals surface area contributed by atoms with Gasteiger partial charge in [0.05, 0.1) is 16.8 Å². The van der Waals surface area contributed by atoms with Crippen LogP contribution in [0, 0.1) is 11.8 Å². The molecular weight excluding hydrogens is 474 g/mol. The SMILES string of the molecule is CC1CCC([C@H](NC(=O)c2conc2C2CC2)C(=O)Nc2cc3c(cn2)C2(CCOCC2)C(=O)N3)CC1. The van der Waals surface area contributed by atoms with E-state index < -0.39 is 11.5 Å². The van der Waals surface area contributed by atoms with E-state index in [1.165, 1.54) is 6.26 Å². The lowest BCUT2D eigenvalue weighted by atomic mass is 9.76. The van der Waals surface area contributed by atoms with Crippen LogP contribution in [0.4, 0.5) is 11.5 Å². The molecule has 0 bridgehead atoms. The summed E-state index contributed by atoms with van der Waals surface area (Å²) in [6.07, 6.45) is 10.0. The van der Waals surface area contributed by atoms with Crippen LogP contribution in [0.25, 0.3) is 0 Å². The van der Waals surface area contributed by atoms with Crippen LogP contribution < -0.4 is 16.0 Å². The van der Waals surface area contributed by atoms with Gasteiger partial charge in [0.1, 0.15) is 23.7 Å². The maximum absolute atomic E-state index is 13.6. The fourth-order valence-corrected chi connectivity index (χ4v) is 6.10. The van der Waals surface area contributed by atoms with Crippen molar-refractivity contribution in [2.45, 2.75) is 75.7 Å². The molecule has 2 aliphatic carbocycles. The van der Waals surface area contributed by atoms with Gasteiger partial charge in [0.15, 0.2) is 0 Å². The van der Waals surface area contributed by atoms with Crippen LogP contribution in [0.2, 0.25) is 0 Å². The van der Waals surface area contributed by atoms with Gasteiger partial charge in [-0.3, -0.25) is 14.4 Å². The first-order chi connectivity index (χ1) is 17.9. The zero-order valence-corrected chi connectivity index (χ0v) is 21.0. The van der Waals surface area contributed by atoms with Gasteiger partial charge in [0.25, 0.3) is 5.91 Å². The molecule has 2 aromatic heterocycles. The number of carbonyl (C=O) groups is 3. The lowest BCUT2D eigenvalue weighted by Gasteiger charge is -2.32. The van der Waals surface area contributed by atoms with E-state index in [0.29, 0.717) is 54.7 Å². The summed E-state index contributed by atoms with van der Waals surface area (Å²) in [4.78, 5) is 44.2. The Morgan fingerprint density at radius 3 is 2.62 bits per heavy atom. The first kappa shape index (κ1) is 24.1. The van der Waals surface area contributed by atoms with Gasteiger partial charge >= 0.3 is 0 Å². The minimum absolute atomic E-state index is 0.0176. The van der Waals surface area contributed by atoms with Crippen LogP contribution in [-0.2, 0) is 19.7 Å². The molecule has 10 heteroatoms. The summed E-state index contributed by atoms with van der Waals surface area (Å²) >= 11 is 0. The molecule has 1 spiro atoms. The van der Waals surface area contributed by atoms with Gasteiger partial charge in [-0.25, -0.2) is 4.98 Å². The Morgan fingerprint density at radius 1 is 1.14 bits per heavy atom. The topological polar surface area (TPSA) is 135 Å². The Balaban J connectivity index is 1.21. The number of anilines is 2. The van der Waals surface area contributed by atoms with Crippen molar-refractivity contribution in [3.63, 3.8) is 0 Å². The molecule has 4 heterocycles. The van der Waals surface area contributed by atoms with Crippen LogP contribution in [0.3, 0.4) is 0 Å². The van der Waals surface area contributed by atoms with E-state index in [4.69, 9.17) is 9.26 Å². The highest BCUT2D eigenvalue weighted by molar-refractivity contribution is 6.07. The zero-order chi connectivity index (χ0) is 25.6. The number of carbonyl (C=O) groups excluding carboxylic acids is 3. The smallest absolute Gasteiger partial charge is 0.257 e. The molecule has 6 rings (SSSR count). The van der Waals surface area contributed by atoms with Crippen molar-refractivity contribution < 1.29 is 23.6 Å². The number of hydrogen-bond donors (Lipinski definition) is 3. The first-order valence-electron chi connectivity index (χ1n) is 13.4. The van der Waals surface area contributed by atoms with Gasteiger partial charge in [-0.05, 0) is 50.4 Å². The summed E-state index contributed by atoms with van der Waals surface area (Å²) in [7, 11) is 0. The minimum Gasteiger partial charge on any atom is -0.381 e. The van der Waals surface area contributed by atoms with Gasteiger partial charge in [-0.1, -0.05) is 24.9 Å². The van der Waals surface area contributed by atoms with E-state index in [1.807, 2.05) is 0 Å². The van der Waals surface area contributed by atoms with Gasteiger partial charge < -0.3 is 25.2 Å². The molecule has 0 aromatic carbocycles. The molecule has 2 aliphatic heterocycles. The molecular formula is C27H33N5O5. The minimum atomic E-state index is -0.714. The summed E-state index contributed by atoms with van der Waals surface area (Å²) in [5.74, 6) is 0.538. The van der Waals surface area contributed by atoms with Gasteiger partial charge in [-0.2, -0.15) is 0 Å². The third kappa shape index (κ3) is 4.52. The number of amides is 3. The lowest BCUT2D eigenvalue weighted by Crippen LogP contribution is -2.49. The van der Waals surface area contributed by atoms with Crippen LogP contribution in [0.1, 0.15) is 85.8 Å². The molecule has 37 heavy (non-hydrogen) atoms. The second-order valence-electron chi connectivity index (χ2n) is 11.1. The molecule has 3 fully saturated rings. The quantitative estimate of drug-likeness (QED) is 0.544. The van der Waals surface area contributed by atoms with Crippen LogP contribution in [0.15, 0.2) is 23.0 Å². The molecule has 196 valence electrons. The predicted molar refractivity (Wildman–Crippen MR) is 134 cm³/mol. The van der Waals surface area contributed by atoms with Crippen molar-refractivity contribution in [2.24, 2.45) is 11.8 Å². The van der Waals surface area contributed by atoms with Gasteiger partial charge in [0.2, 0.25) is 11.8 Å². The molecule has 1 atom stereocenters. The van der Waals surface area contributed by atoms with E-state index in [0.717, 1.165) is 44.1 Å². The second-order valence-corrected chi connectivity index (χ2v) is 11.1. The lowest BCUT2D eigenvalue weighted by molar-refractivity contribution is -0.124. The number of aromatic nitrogens is 2. The van der Waals surface area contributed by atoms with Crippen molar-refractivity contribution in [2.75, 3.05) is 23.8 Å². The maximum Gasteiger partial charge on any atom is 0.257 e. The number of pyridine rings is 1.